The van der Waals surface area contributed by atoms with Gasteiger partial charge in [-0.1, -0.05) is 24.6 Å². The second-order valence-corrected chi connectivity index (χ2v) is 5.45. The Labute approximate surface area is 103 Å². The molecule has 1 fully saturated rings. The lowest BCUT2D eigenvalue weighted by Crippen LogP contribution is -2.48. The molecular weight excluding hydrogens is 210 g/mol. The molecule has 1 aromatic carbocycles. The van der Waals surface area contributed by atoms with Gasteiger partial charge in [-0.25, -0.2) is 0 Å². The largest absolute Gasteiger partial charge is 0.486 e. The third-order valence-electron chi connectivity index (χ3n) is 4.37. The lowest BCUT2D eigenvalue weighted by atomic mass is 9.73. The van der Waals surface area contributed by atoms with Gasteiger partial charge in [0.15, 0.2) is 0 Å². The van der Waals surface area contributed by atoms with Gasteiger partial charge in [-0.15, -0.1) is 0 Å². The molecule has 2 aliphatic rings. The van der Waals surface area contributed by atoms with Crippen molar-refractivity contribution in [3.05, 3.63) is 29.8 Å². The van der Waals surface area contributed by atoms with Gasteiger partial charge in [-0.2, -0.15) is 0 Å². The van der Waals surface area contributed by atoms with Gasteiger partial charge in [0.2, 0.25) is 0 Å². The molecule has 1 aliphatic carbocycles. The fourth-order valence-electron chi connectivity index (χ4n) is 3.51. The van der Waals surface area contributed by atoms with Gasteiger partial charge < -0.3 is 10.1 Å². The maximum absolute atomic E-state index is 6.36. The number of rotatable bonds is 2. The van der Waals surface area contributed by atoms with Crippen molar-refractivity contribution in [2.24, 2.45) is 5.92 Å². The lowest BCUT2D eigenvalue weighted by Gasteiger charge is -2.40. The van der Waals surface area contributed by atoms with Gasteiger partial charge in [0, 0.05) is 18.9 Å². The summed E-state index contributed by atoms with van der Waals surface area (Å²) in [6.07, 6.45) is 6.29. The second-order valence-electron chi connectivity index (χ2n) is 5.45. The van der Waals surface area contributed by atoms with Crippen LogP contribution in [0.3, 0.4) is 0 Å². The molecular formula is C15H21NO. The number of hydrogen-bond acceptors (Lipinski definition) is 2. The summed E-state index contributed by atoms with van der Waals surface area (Å²) in [7, 11) is 2.05. The molecule has 17 heavy (non-hydrogen) atoms. The SMILES string of the molecule is CNCC1CCCCC12Cc1ccccc1O2. The van der Waals surface area contributed by atoms with Crippen LogP contribution in [0.25, 0.3) is 0 Å². The van der Waals surface area contributed by atoms with Crippen LogP contribution in [0.5, 0.6) is 5.75 Å². The molecule has 0 saturated heterocycles. The molecule has 1 heterocycles. The molecule has 2 nitrogen and oxygen atoms in total. The van der Waals surface area contributed by atoms with E-state index in [9.17, 15) is 0 Å². The number of benzene rings is 1. The van der Waals surface area contributed by atoms with Crippen molar-refractivity contribution in [3.8, 4) is 5.75 Å². The van der Waals surface area contributed by atoms with E-state index < -0.39 is 0 Å². The number of nitrogens with one attached hydrogen (secondary N) is 1. The molecule has 1 spiro atoms. The summed E-state index contributed by atoms with van der Waals surface area (Å²) in [5.41, 5.74) is 1.49. The van der Waals surface area contributed by atoms with Crippen molar-refractivity contribution in [2.45, 2.75) is 37.7 Å². The van der Waals surface area contributed by atoms with E-state index in [0.29, 0.717) is 5.92 Å². The summed E-state index contributed by atoms with van der Waals surface area (Å²) in [5, 5.41) is 3.34. The molecule has 92 valence electrons. The van der Waals surface area contributed by atoms with Crippen LogP contribution >= 0.6 is 0 Å². The van der Waals surface area contributed by atoms with Crippen LogP contribution in [0.4, 0.5) is 0 Å². The number of hydrogen-bond donors (Lipinski definition) is 1. The molecule has 1 aliphatic heterocycles. The quantitative estimate of drug-likeness (QED) is 0.845. The maximum Gasteiger partial charge on any atom is 0.123 e. The van der Waals surface area contributed by atoms with Crippen molar-refractivity contribution in [2.75, 3.05) is 13.6 Å². The second kappa shape index (κ2) is 4.34. The van der Waals surface area contributed by atoms with Crippen LogP contribution in [-0.2, 0) is 6.42 Å². The zero-order chi connectivity index (χ0) is 11.7. The molecule has 0 bridgehead atoms. The average molecular weight is 231 g/mol. The van der Waals surface area contributed by atoms with Gasteiger partial charge in [0.05, 0.1) is 0 Å². The average Bonchev–Trinajstić information content (AvgIpc) is 2.71. The van der Waals surface area contributed by atoms with Crippen molar-refractivity contribution in [3.63, 3.8) is 0 Å². The molecule has 0 amide bonds. The van der Waals surface area contributed by atoms with Crippen LogP contribution < -0.4 is 10.1 Å². The predicted octanol–water partition coefficient (Wildman–Crippen LogP) is 2.77. The molecule has 1 saturated carbocycles. The van der Waals surface area contributed by atoms with Gasteiger partial charge >= 0.3 is 0 Å². The van der Waals surface area contributed by atoms with Crippen molar-refractivity contribution >= 4 is 0 Å². The van der Waals surface area contributed by atoms with E-state index in [0.717, 1.165) is 18.7 Å². The smallest absolute Gasteiger partial charge is 0.123 e. The number of para-hydroxylation sites is 1. The normalized spacial score (nSPS) is 31.2. The summed E-state index contributed by atoms with van der Waals surface area (Å²) in [6.45, 7) is 1.08. The fourth-order valence-corrected chi connectivity index (χ4v) is 3.51. The highest BCUT2D eigenvalue weighted by Crippen LogP contribution is 2.46. The van der Waals surface area contributed by atoms with Gasteiger partial charge in [-0.3, -0.25) is 0 Å². The van der Waals surface area contributed by atoms with Crippen LogP contribution in [-0.4, -0.2) is 19.2 Å². The third kappa shape index (κ3) is 1.85. The zero-order valence-electron chi connectivity index (χ0n) is 10.5. The van der Waals surface area contributed by atoms with Gasteiger partial charge in [0.25, 0.3) is 0 Å². The Balaban J connectivity index is 1.87. The van der Waals surface area contributed by atoms with Crippen LogP contribution in [0.2, 0.25) is 0 Å². The topological polar surface area (TPSA) is 21.3 Å². The minimum absolute atomic E-state index is 0.0882. The highest BCUT2D eigenvalue weighted by molar-refractivity contribution is 5.39. The monoisotopic (exact) mass is 231 g/mol. The lowest BCUT2D eigenvalue weighted by molar-refractivity contribution is -0.00381. The van der Waals surface area contributed by atoms with Crippen LogP contribution in [0.1, 0.15) is 31.2 Å². The van der Waals surface area contributed by atoms with Crippen molar-refractivity contribution in [1.82, 2.24) is 5.32 Å². The first-order valence-corrected chi connectivity index (χ1v) is 6.75. The molecule has 2 unspecified atom stereocenters. The third-order valence-corrected chi connectivity index (χ3v) is 4.37. The summed E-state index contributed by atoms with van der Waals surface area (Å²) in [4.78, 5) is 0. The standard InChI is InChI=1S/C15H21NO/c1-16-11-13-7-4-5-9-15(13)10-12-6-2-3-8-14(12)17-15/h2-3,6,8,13,16H,4-5,7,9-11H2,1H3. The highest BCUT2D eigenvalue weighted by Gasteiger charge is 2.46. The summed E-state index contributed by atoms with van der Waals surface area (Å²) in [5.74, 6) is 1.78. The minimum Gasteiger partial charge on any atom is -0.486 e. The van der Waals surface area contributed by atoms with Crippen LogP contribution in [0.15, 0.2) is 24.3 Å². The predicted molar refractivity (Wildman–Crippen MR) is 69.4 cm³/mol. The molecule has 0 radical (unpaired) electrons. The van der Waals surface area contributed by atoms with E-state index >= 15 is 0 Å². The first-order chi connectivity index (χ1) is 8.34. The van der Waals surface area contributed by atoms with Gasteiger partial charge in [0.1, 0.15) is 11.4 Å². The first kappa shape index (κ1) is 11.1. The summed E-state index contributed by atoms with van der Waals surface area (Å²) < 4.78 is 6.36. The molecule has 2 heteroatoms. The van der Waals surface area contributed by atoms with E-state index in [1.807, 2.05) is 7.05 Å². The first-order valence-electron chi connectivity index (χ1n) is 6.75. The Kier molecular flexibility index (Phi) is 2.83. The number of fused-ring (bicyclic) bond motifs is 1. The Bertz CT molecular complexity index is 375. The van der Waals surface area contributed by atoms with E-state index in [4.69, 9.17) is 4.74 Å². The van der Waals surface area contributed by atoms with E-state index in [1.54, 1.807) is 0 Å². The van der Waals surface area contributed by atoms with Gasteiger partial charge in [-0.05, 0) is 37.9 Å². The Morgan fingerprint density at radius 2 is 2.24 bits per heavy atom. The Morgan fingerprint density at radius 1 is 1.35 bits per heavy atom. The van der Waals surface area contributed by atoms with E-state index in [2.05, 4.69) is 29.6 Å². The summed E-state index contributed by atoms with van der Waals surface area (Å²) in [6, 6.07) is 8.54. The Hall–Kier alpha value is -1.02. The van der Waals surface area contributed by atoms with E-state index in [-0.39, 0.29) is 5.60 Å². The highest BCUT2D eigenvalue weighted by atomic mass is 16.5. The molecule has 2 atom stereocenters. The molecule has 0 aromatic heterocycles. The number of ether oxygens (including phenoxy) is 1. The Morgan fingerprint density at radius 3 is 3.06 bits per heavy atom. The minimum atomic E-state index is 0.0882. The van der Waals surface area contributed by atoms with Crippen LogP contribution in [0, 0.1) is 5.92 Å². The van der Waals surface area contributed by atoms with E-state index in [1.165, 1.54) is 31.2 Å². The summed E-state index contributed by atoms with van der Waals surface area (Å²) >= 11 is 0. The molecule has 1 aromatic rings. The fraction of sp³-hybridized carbons (Fsp3) is 0.600. The molecule has 3 rings (SSSR count). The van der Waals surface area contributed by atoms with Crippen molar-refractivity contribution < 1.29 is 4.74 Å². The zero-order valence-corrected chi connectivity index (χ0v) is 10.5. The molecule has 1 N–H and O–H groups in total. The van der Waals surface area contributed by atoms with Crippen molar-refractivity contribution in [1.29, 1.82) is 0 Å². The maximum atomic E-state index is 6.36.